The van der Waals surface area contributed by atoms with Crippen molar-refractivity contribution < 1.29 is 33.8 Å². The van der Waals surface area contributed by atoms with Crippen molar-refractivity contribution >= 4 is 42.7 Å². The van der Waals surface area contributed by atoms with E-state index in [1.165, 1.54) is 0 Å². The van der Waals surface area contributed by atoms with Crippen LogP contribution in [0.25, 0.3) is 0 Å². The maximum absolute atomic E-state index is 11.5. The van der Waals surface area contributed by atoms with E-state index in [-0.39, 0.29) is 43.1 Å². The molecular weight excluding hydrogens is 413 g/mol. The lowest BCUT2D eigenvalue weighted by molar-refractivity contribution is -0.873. The lowest BCUT2D eigenvalue weighted by atomic mass is 10.1. The SMILES string of the molecule is CC(C)CC(=O)O[C@H](CC(=O)O)C[N+](C)(C)C.Cl.Cl.NCCC[C@H](N)C(=O)O. The number of nitrogens with zero attached hydrogens (tertiary/aromatic N) is 1. The van der Waals surface area contributed by atoms with Gasteiger partial charge in [-0.05, 0) is 25.3 Å². The number of halogens is 2. The van der Waals surface area contributed by atoms with Crippen molar-refractivity contribution in [3.05, 3.63) is 0 Å². The second-order valence-electron chi connectivity index (χ2n) is 7.66. The lowest BCUT2D eigenvalue weighted by Crippen LogP contribution is -2.43. The van der Waals surface area contributed by atoms with Crippen molar-refractivity contribution in [3.63, 3.8) is 0 Å². The van der Waals surface area contributed by atoms with Gasteiger partial charge in [-0.25, -0.2) is 0 Å². The molecule has 0 saturated carbocycles. The zero-order valence-electron chi connectivity index (χ0n) is 17.4. The van der Waals surface area contributed by atoms with Crippen LogP contribution >= 0.6 is 24.8 Å². The number of esters is 1. The van der Waals surface area contributed by atoms with Crippen molar-refractivity contribution in [1.82, 2.24) is 0 Å². The molecule has 0 radical (unpaired) electrons. The molecule has 2 atom stereocenters. The first-order chi connectivity index (χ1) is 11.8. The quantitative estimate of drug-likeness (QED) is 0.269. The summed E-state index contributed by atoms with van der Waals surface area (Å²) in [4.78, 5) is 32.2. The lowest BCUT2D eigenvalue weighted by Gasteiger charge is -2.28. The average Bonchev–Trinajstić information content (AvgIpc) is 2.41. The summed E-state index contributed by atoms with van der Waals surface area (Å²) >= 11 is 0. The largest absolute Gasteiger partial charge is 0.481 e. The number of hydrogen-bond acceptors (Lipinski definition) is 6. The number of carbonyl (C=O) groups is 3. The molecule has 0 heterocycles. The molecule has 0 aromatic carbocycles. The molecule has 0 spiro atoms. The third-order valence-corrected chi connectivity index (χ3v) is 3.06. The molecule has 11 heteroatoms. The number of carboxylic acids is 2. The number of nitrogens with two attached hydrogens (primary N) is 2. The Hall–Kier alpha value is -1.13. The second kappa shape index (κ2) is 17.9. The van der Waals surface area contributed by atoms with Gasteiger partial charge in [-0.15, -0.1) is 24.8 Å². The van der Waals surface area contributed by atoms with Gasteiger partial charge in [0.15, 0.2) is 6.10 Å². The fraction of sp³-hybridized carbons (Fsp3) is 0.824. The number of rotatable bonds is 11. The molecule has 9 nitrogen and oxygen atoms in total. The number of quaternary nitrogens is 1. The third-order valence-electron chi connectivity index (χ3n) is 3.06. The molecule has 0 fully saturated rings. The van der Waals surface area contributed by atoms with Crippen LogP contribution in [0.3, 0.4) is 0 Å². The summed E-state index contributed by atoms with van der Waals surface area (Å²) in [6.45, 7) is 4.84. The smallest absolute Gasteiger partial charge is 0.320 e. The summed E-state index contributed by atoms with van der Waals surface area (Å²) in [6, 6.07) is -0.742. The zero-order valence-corrected chi connectivity index (χ0v) is 19.1. The van der Waals surface area contributed by atoms with Crippen LogP contribution in [0.2, 0.25) is 0 Å². The van der Waals surface area contributed by atoms with Gasteiger partial charge in [-0.2, -0.15) is 0 Å². The van der Waals surface area contributed by atoms with Crippen molar-refractivity contribution in [2.75, 3.05) is 34.2 Å². The van der Waals surface area contributed by atoms with Crippen LogP contribution in [0.4, 0.5) is 0 Å². The normalized spacial score (nSPS) is 12.4. The molecule has 0 bridgehead atoms. The number of ether oxygens (including phenoxy) is 1. The van der Waals surface area contributed by atoms with Gasteiger partial charge in [0, 0.05) is 6.42 Å². The number of likely N-dealkylation sites (N-methyl/N-ethyl adjacent to an activating group) is 1. The first-order valence-corrected chi connectivity index (χ1v) is 8.68. The summed E-state index contributed by atoms with van der Waals surface area (Å²) in [6.07, 6.45) is 0.769. The van der Waals surface area contributed by atoms with Gasteiger partial charge in [0.25, 0.3) is 0 Å². The van der Waals surface area contributed by atoms with E-state index in [1.807, 2.05) is 35.0 Å². The second-order valence-corrected chi connectivity index (χ2v) is 7.66. The van der Waals surface area contributed by atoms with Gasteiger partial charge in [-0.1, -0.05) is 13.8 Å². The fourth-order valence-corrected chi connectivity index (χ4v) is 1.98. The molecule has 28 heavy (non-hydrogen) atoms. The Labute approximate surface area is 180 Å². The highest BCUT2D eigenvalue weighted by molar-refractivity contribution is 5.85. The molecule has 0 aliphatic carbocycles. The number of aliphatic carboxylic acids is 2. The van der Waals surface area contributed by atoms with Gasteiger partial charge < -0.3 is 30.9 Å². The molecule has 0 saturated heterocycles. The van der Waals surface area contributed by atoms with Crippen LogP contribution < -0.4 is 11.5 Å². The number of carboxylic acid groups (broad SMARTS) is 2. The minimum absolute atomic E-state index is 0. The predicted molar refractivity (Wildman–Crippen MR) is 113 cm³/mol. The van der Waals surface area contributed by atoms with E-state index in [1.54, 1.807) is 0 Å². The maximum Gasteiger partial charge on any atom is 0.320 e. The van der Waals surface area contributed by atoms with Crippen molar-refractivity contribution in [3.8, 4) is 0 Å². The minimum atomic E-state index is -0.955. The molecule has 0 rings (SSSR count). The monoisotopic (exact) mass is 450 g/mol. The Morgan fingerprint density at radius 1 is 1.04 bits per heavy atom. The van der Waals surface area contributed by atoms with Gasteiger partial charge in [-0.3, -0.25) is 14.4 Å². The summed E-state index contributed by atoms with van der Waals surface area (Å²) in [5.41, 5.74) is 10.3. The molecule has 0 unspecified atom stereocenters. The van der Waals surface area contributed by atoms with E-state index < -0.39 is 24.1 Å². The average molecular weight is 451 g/mol. The first-order valence-electron chi connectivity index (χ1n) is 8.68. The number of hydrogen-bond donors (Lipinski definition) is 4. The zero-order chi connectivity index (χ0) is 20.9. The van der Waals surface area contributed by atoms with Crippen LogP contribution in [0.1, 0.15) is 39.5 Å². The topological polar surface area (TPSA) is 153 Å². The molecule has 6 N–H and O–H groups in total. The van der Waals surface area contributed by atoms with E-state index >= 15 is 0 Å². The van der Waals surface area contributed by atoms with Crippen molar-refractivity contribution in [1.29, 1.82) is 0 Å². The van der Waals surface area contributed by atoms with Gasteiger partial charge in [0.05, 0.1) is 27.6 Å². The molecular formula is C17H38Cl2N3O6+. The van der Waals surface area contributed by atoms with E-state index in [2.05, 4.69) is 0 Å². The van der Waals surface area contributed by atoms with E-state index in [4.69, 9.17) is 26.4 Å². The Bertz CT molecular complexity index is 445. The summed E-state index contributed by atoms with van der Waals surface area (Å²) in [7, 11) is 5.81. The molecule has 0 aliphatic rings. The summed E-state index contributed by atoms with van der Waals surface area (Å²) < 4.78 is 5.78. The van der Waals surface area contributed by atoms with E-state index in [0.29, 0.717) is 36.8 Å². The molecule has 0 aromatic heterocycles. The Morgan fingerprint density at radius 2 is 1.54 bits per heavy atom. The van der Waals surface area contributed by atoms with Crippen LogP contribution in [-0.4, -0.2) is 79.0 Å². The third kappa shape index (κ3) is 24.9. The Kier molecular flexibility index (Phi) is 22.0. The van der Waals surface area contributed by atoms with Crippen LogP contribution in [0.5, 0.6) is 0 Å². The first kappa shape index (κ1) is 34.4. The van der Waals surface area contributed by atoms with Gasteiger partial charge >= 0.3 is 17.9 Å². The molecule has 0 aliphatic heterocycles. The fourth-order valence-electron chi connectivity index (χ4n) is 1.98. The number of carbonyl (C=O) groups excluding carboxylic acids is 1. The summed E-state index contributed by atoms with van der Waals surface area (Å²) in [5, 5.41) is 17.0. The maximum atomic E-state index is 11.5. The van der Waals surface area contributed by atoms with Crippen molar-refractivity contribution in [2.45, 2.75) is 51.7 Å². The predicted octanol–water partition coefficient (Wildman–Crippen LogP) is 1.11. The highest BCUT2D eigenvalue weighted by atomic mass is 35.5. The molecule has 0 aromatic rings. The Morgan fingerprint density at radius 3 is 1.86 bits per heavy atom. The molecule has 0 amide bonds. The van der Waals surface area contributed by atoms with Crippen LogP contribution in [-0.2, 0) is 19.1 Å². The molecule has 170 valence electrons. The van der Waals surface area contributed by atoms with Crippen molar-refractivity contribution in [2.24, 2.45) is 17.4 Å². The van der Waals surface area contributed by atoms with Gasteiger partial charge in [0.2, 0.25) is 0 Å². The highest BCUT2D eigenvalue weighted by Crippen LogP contribution is 2.09. The minimum Gasteiger partial charge on any atom is -0.481 e. The Balaban J connectivity index is -0.000000225. The summed E-state index contributed by atoms with van der Waals surface area (Å²) in [5.74, 6) is -2.00. The highest BCUT2D eigenvalue weighted by Gasteiger charge is 2.24. The van der Waals surface area contributed by atoms with Gasteiger partial charge in [0.1, 0.15) is 12.6 Å². The van der Waals surface area contributed by atoms with Crippen LogP contribution in [0.15, 0.2) is 0 Å². The standard InChI is InChI=1S/C12H23NO4.C5H12N2O2.2ClH/c1-9(2)6-12(16)17-10(7-11(14)15)8-13(3,4)5;6-3-1-2-4(7)5(8)9;;/h9-10H,6-8H2,1-5H3;4H,1-3,6-7H2,(H,8,9);2*1H/p+1/t10-;4-;;/m10../s1. The van der Waals surface area contributed by atoms with E-state index in [0.717, 1.165) is 0 Å². The van der Waals surface area contributed by atoms with Crippen LogP contribution in [0, 0.1) is 5.92 Å². The van der Waals surface area contributed by atoms with E-state index in [9.17, 15) is 14.4 Å².